The van der Waals surface area contributed by atoms with E-state index in [1.165, 1.54) is 0 Å². The molecule has 1 aromatic heterocycles. The summed E-state index contributed by atoms with van der Waals surface area (Å²) in [5.74, 6) is 0.0586. The molecule has 1 unspecified atom stereocenters. The van der Waals surface area contributed by atoms with Crippen molar-refractivity contribution in [2.75, 3.05) is 6.54 Å². The van der Waals surface area contributed by atoms with Gasteiger partial charge in [-0.15, -0.1) is 11.3 Å². The highest BCUT2D eigenvalue weighted by atomic mass is 32.1. The van der Waals surface area contributed by atoms with Crippen LogP contribution in [0.3, 0.4) is 0 Å². The van der Waals surface area contributed by atoms with Gasteiger partial charge >= 0.3 is 0 Å². The zero-order chi connectivity index (χ0) is 18.1. The van der Waals surface area contributed by atoms with Gasteiger partial charge in [-0.05, 0) is 38.2 Å². The molecule has 136 valence electrons. The second-order valence-corrected chi connectivity index (χ2v) is 8.22. The summed E-state index contributed by atoms with van der Waals surface area (Å²) in [6, 6.07) is 8.04. The van der Waals surface area contributed by atoms with Crippen molar-refractivity contribution in [3.05, 3.63) is 40.2 Å². The molecule has 2 amide bonds. The van der Waals surface area contributed by atoms with Crippen molar-refractivity contribution in [2.24, 2.45) is 0 Å². The Morgan fingerprint density at radius 3 is 2.65 bits per heavy atom. The summed E-state index contributed by atoms with van der Waals surface area (Å²) in [7, 11) is 0. The Morgan fingerprint density at radius 2 is 2.00 bits per heavy atom. The first-order valence-corrected chi connectivity index (χ1v) is 10.1. The molecule has 1 saturated carbocycles. The SMILES string of the molecule is Cc1nc(-c2ccc(CC(=O)N3CCCC3C(=O)NC3CC3)cc2)cs1. The maximum absolute atomic E-state index is 12.7. The number of aryl methyl sites for hydroxylation is 1. The quantitative estimate of drug-likeness (QED) is 0.881. The van der Waals surface area contributed by atoms with E-state index in [-0.39, 0.29) is 17.9 Å². The Labute approximate surface area is 157 Å². The van der Waals surface area contributed by atoms with Crippen LogP contribution >= 0.6 is 11.3 Å². The van der Waals surface area contributed by atoms with E-state index in [9.17, 15) is 9.59 Å². The summed E-state index contributed by atoms with van der Waals surface area (Å²) in [6.07, 6.45) is 4.14. The Morgan fingerprint density at radius 1 is 1.23 bits per heavy atom. The number of nitrogens with zero attached hydrogens (tertiary/aromatic N) is 2. The fourth-order valence-electron chi connectivity index (χ4n) is 3.43. The third-order valence-corrected chi connectivity index (χ3v) is 5.80. The van der Waals surface area contributed by atoms with E-state index >= 15 is 0 Å². The van der Waals surface area contributed by atoms with Crippen LogP contribution in [0.1, 0.15) is 36.3 Å². The van der Waals surface area contributed by atoms with Gasteiger partial charge in [0.15, 0.2) is 0 Å². The van der Waals surface area contributed by atoms with Gasteiger partial charge in [0.25, 0.3) is 0 Å². The number of benzene rings is 1. The number of rotatable bonds is 5. The summed E-state index contributed by atoms with van der Waals surface area (Å²) in [5.41, 5.74) is 3.01. The lowest BCUT2D eigenvalue weighted by atomic mass is 10.1. The Bertz CT molecular complexity index is 811. The van der Waals surface area contributed by atoms with Crippen LogP contribution in [0.15, 0.2) is 29.6 Å². The number of likely N-dealkylation sites (tertiary alicyclic amines) is 1. The van der Waals surface area contributed by atoms with Crippen LogP contribution in [0.25, 0.3) is 11.3 Å². The monoisotopic (exact) mass is 369 g/mol. The normalized spacial score (nSPS) is 19.6. The smallest absolute Gasteiger partial charge is 0.243 e. The van der Waals surface area contributed by atoms with Gasteiger partial charge in [0.1, 0.15) is 6.04 Å². The first-order valence-electron chi connectivity index (χ1n) is 9.21. The zero-order valence-electron chi connectivity index (χ0n) is 14.9. The predicted octanol–water partition coefficient (Wildman–Crippen LogP) is 2.93. The standard InChI is InChI=1S/C20H23N3O2S/c1-13-21-17(12-26-13)15-6-4-14(5-7-15)11-19(24)23-10-2-3-18(23)20(25)22-16-8-9-16/h4-7,12,16,18H,2-3,8-11H2,1H3,(H,22,25). The van der Waals surface area contributed by atoms with E-state index in [1.807, 2.05) is 36.6 Å². The average molecular weight is 369 g/mol. The molecule has 1 saturated heterocycles. The molecule has 26 heavy (non-hydrogen) atoms. The molecule has 5 nitrogen and oxygen atoms in total. The number of nitrogens with one attached hydrogen (secondary N) is 1. The van der Waals surface area contributed by atoms with Crippen molar-refractivity contribution in [3.8, 4) is 11.3 Å². The van der Waals surface area contributed by atoms with Gasteiger partial charge in [0.05, 0.1) is 17.1 Å². The summed E-state index contributed by atoms with van der Waals surface area (Å²) < 4.78 is 0. The number of aromatic nitrogens is 1. The number of hydrogen-bond acceptors (Lipinski definition) is 4. The summed E-state index contributed by atoms with van der Waals surface area (Å²) >= 11 is 1.63. The number of carbonyl (C=O) groups excluding carboxylic acids is 2. The number of amides is 2. The minimum absolute atomic E-state index is 0.0209. The number of carbonyl (C=O) groups is 2. The number of hydrogen-bond donors (Lipinski definition) is 1. The lowest BCUT2D eigenvalue weighted by Gasteiger charge is -2.24. The summed E-state index contributed by atoms with van der Waals surface area (Å²) in [4.78, 5) is 31.3. The molecule has 0 bridgehead atoms. The Balaban J connectivity index is 1.39. The summed E-state index contributed by atoms with van der Waals surface area (Å²) in [5, 5.41) is 6.12. The molecule has 4 rings (SSSR count). The van der Waals surface area contributed by atoms with Crippen LogP contribution in [-0.2, 0) is 16.0 Å². The van der Waals surface area contributed by atoms with Gasteiger partial charge in [-0.3, -0.25) is 9.59 Å². The van der Waals surface area contributed by atoms with Crippen LogP contribution in [-0.4, -0.2) is 40.3 Å². The molecule has 2 aromatic rings. The van der Waals surface area contributed by atoms with Gasteiger partial charge in [-0.2, -0.15) is 0 Å². The number of thiazole rings is 1. The van der Waals surface area contributed by atoms with E-state index in [2.05, 4.69) is 10.3 Å². The van der Waals surface area contributed by atoms with E-state index in [0.717, 1.165) is 47.5 Å². The molecule has 6 heteroatoms. The molecule has 0 radical (unpaired) electrons. The van der Waals surface area contributed by atoms with Crippen molar-refractivity contribution >= 4 is 23.2 Å². The Hall–Kier alpha value is -2.21. The molecule has 1 atom stereocenters. The fraction of sp³-hybridized carbons (Fsp3) is 0.450. The minimum Gasteiger partial charge on any atom is -0.352 e. The van der Waals surface area contributed by atoms with Gasteiger partial charge in [0.2, 0.25) is 11.8 Å². The first-order chi connectivity index (χ1) is 12.6. The molecule has 0 spiro atoms. The topological polar surface area (TPSA) is 62.3 Å². The van der Waals surface area contributed by atoms with Crippen LogP contribution in [0, 0.1) is 6.92 Å². The van der Waals surface area contributed by atoms with Gasteiger partial charge < -0.3 is 10.2 Å². The second kappa shape index (κ2) is 7.19. The molecular formula is C20H23N3O2S. The largest absolute Gasteiger partial charge is 0.352 e. The van der Waals surface area contributed by atoms with Gasteiger partial charge in [0, 0.05) is 23.5 Å². The van der Waals surface area contributed by atoms with E-state index in [0.29, 0.717) is 19.0 Å². The zero-order valence-corrected chi connectivity index (χ0v) is 15.7. The maximum Gasteiger partial charge on any atom is 0.243 e. The highest BCUT2D eigenvalue weighted by molar-refractivity contribution is 7.09. The van der Waals surface area contributed by atoms with Gasteiger partial charge in [-0.1, -0.05) is 24.3 Å². The predicted molar refractivity (Wildman–Crippen MR) is 102 cm³/mol. The van der Waals surface area contributed by atoms with Crippen LogP contribution in [0.2, 0.25) is 0 Å². The fourth-order valence-corrected chi connectivity index (χ4v) is 4.05. The van der Waals surface area contributed by atoms with Crippen molar-refractivity contribution in [1.29, 1.82) is 0 Å². The molecule has 2 aliphatic rings. The highest BCUT2D eigenvalue weighted by Gasteiger charge is 2.36. The first kappa shape index (κ1) is 17.2. The van der Waals surface area contributed by atoms with Crippen molar-refractivity contribution in [3.63, 3.8) is 0 Å². The maximum atomic E-state index is 12.7. The third-order valence-electron chi connectivity index (χ3n) is 5.02. The van der Waals surface area contributed by atoms with Crippen LogP contribution in [0.5, 0.6) is 0 Å². The van der Waals surface area contributed by atoms with Crippen LogP contribution in [0.4, 0.5) is 0 Å². The third kappa shape index (κ3) is 3.80. The van der Waals surface area contributed by atoms with Crippen molar-refractivity contribution < 1.29 is 9.59 Å². The molecule has 2 fully saturated rings. The Kier molecular flexibility index (Phi) is 4.76. The summed E-state index contributed by atoms with van der Waals surface area (Å²) in [6.45, 7) is 2.67. The van der Waals surface area contributed by atoms with E-state index < -0.39 is 0 Å². The highest BCUT2D eigenvalue weighted by Crippen LogP contribution is 2.24. The van der Waals surface area contributed by atoms with E-state index in [1.54, 1.807) is 16.2 Å². The van der Waals surface area contributed by atoms with Crippen molar-refractivity contribution in [1.82, 2.24) is 15.2 Å². The van der Waals surface area contributed by atoms with Crippen molar-refractivity contribution in [2.45, 2.75) is 51.1 Å². The lowest BCUT2D eigenvalue weighted by molar-refractivity contribution is -0.138. The van der Waals surface area contributed by atoms with Gasteiger partial charge in [-0.25, -0.2) is 4.98 Å². The second-order valence-electron chi connectivity index (χ2n) is 7.15. The van der Waals surface area contributed by atoms with Crippen LogP contribution < -0.4 is 5.32 Å². The lowest BCUT2D eigenvalue weighted by Crippen LogP contribution is -2.47. The molecule has 1 aliphatic carbocycles. The average Bonchev–Trinajstić information content (AvgIpc) is 3.12. The molecule has 1 aromatic carbocycles. The van der Waals surface area contributed by atoms with E-state index in [4.69, 9.17) is 0 Å². The molecule has 1 aliphatic heterocycles. The minimum atomic E-state index is -0.291. The molecular weight excluding hydrogens is 346 g/mol. The molecule has 2 heterocycles. The molecule has 1 N–H and O–H groups in total.